The number of nitrogens with zero attached hydrogens (tertiary/aromatic N) is 1. The van der Waals surface area contributed by atoms with Gasteiger partial charge in [-0.25, -0.2) is 0 Å². The number of carbonyl (C=O) groups is 1. The maximum Gasteiger partial charge on any atom is 0.230 e. The summed E-state index contributed by atoms with van der Waals surface area (Å²) in [7, 11) is 0. The normalized spacial score (nSPS) is 35.4. The molecular formula is C13H16N2OS. The van der Waals surface area contributed by atoms with Crippen LogP contribution >= 0.6 is 11.8 Å². The molecule has 0 radical (unpaired) electrons. The molecule has 90 valence electrons. The summed E-state index contributed by atoms with van der Waals surface area (Å²) in [5, 5.41) is -0.0792. The maximum absolute atomic E-state index is 11.4. The molecule has 2 aliphatic heterocycles. The van der Waals surface area contributed by atoms with Crippen LogP contribution in [0, 0.1) is 5.41 Å². The number of aliphatic imine (C=N–C) groups is 1. The van der Waals surface area contributed by atoms with E-state index in [1.54, 1.807) is 11.8 Å². The second kappa shape index (κ2) is 4.02. The largest absolute Gasteiger partial charge is 0.369 e. The van der Waals surface area contributed by atoms with E-state index in [1.165, 1.54) is 23.4 Å². The van der Waals surface area contributed by atoms with E-state index in [2.05, 4.69) is 17.1 Å². The van der Waals surface area contributed by atoms with E-state index in [1.807, 2.05) is 6.21 Å². The molecule has 2 N–H and O–H groups in total. The van der Waals surface area contributed by atoms with Crippen LogP contribution < -0.4 is 5.73 Å². The lowest BCUT2D eigenvalue weighted by Crippen LogP contribution is -2.28. The monoisotopic (exact) mass is 248 g/mol. The van der Waals surface area contributed by atoms with Crippen LogP contribution in [0.3, 0.4) is 0 Å². The van der Waals surface area contributed by atoms with Gasteiger partial charge in [0.15, 0.2) is 0 Å². The van der Waals surface area contributed by atoms with Gasteiger partial charge in [-0.05, 0) is 36.7 Å². The molecule has 0 bridgehead atoms. The first-order valence-corrected chi connectivity index (χ1v) is 7.02. The molecule has 0 saturated carbocycles. The number of rotatable bonds is 1. The van der Waals surface area contributed by atoms with Crippen molar-refractivity contribution < 1.29 is 4.79 Å². The number of dihydropyridines is 1. The van der Waals surface area contributed by atoms with Gasteiger partial charge in [-0.1, -0.05) is 12.5 Å². The summed E-state index contributed by atoms with van der Waals surface area (Å²) in [5.74, 6) is -0.191. The van der Waals surface area contributed by atoms with Crippen molar-refractivity contribution in [2.24, 2.45) is 16.1 Å². The van der Waals surface area contributed by atoms with Gasteiger partial charge in [-0.2, -0.15) is 0 Å². The average Bonchev–Trinajstić information content (AvgIpc) is 2.56. The van der Waals surface area contributed by atoms with Gasteiger partial charge in [-0.15, -0.1) is 11.8 Å². The fraction of sp³-hybridized carbons (Fsp3) is 0.538. The van der Waals surface area contributed by atoms with Crippen LogP contribution in [0.4, 0.5) is 0 Å². The molecule has 0 aromatic carbocycles. The number of primary amides is 1. The quantitative estimate of drug-likeness (QED) is 0.774. The maximum atomic E-state index is 11.4. The van der Waals surface area contributed by atoms with E-state index < -0.39 is 0 Å². The summed E-state index contributed by atoms with van der Waals surface area (Å²) < 4.78 is 0. The van der Waals surface area contributed by atoms with Crippen molar-refractivity contribution in [3.8, 4) is 0 Å². The minimum Gasteiger partial charge on any atom is -0.369 e. The highest BCUT2D eigenvalue weighted by atomic mass is 32.2. The molecule has 3 nitrogen and oxygen atoms in total. The van der Waals surface area contributed by atoms with E-state index in [0.29, 0.717) is 0 Å². The summed E-state index contributed by atoms with van der Waals surface area (Å²) in [6, 6.07) is 0. The van der Waals surface area contributed by atoms with Gasteiger partial charge >= 0.3 is 0 Å². The number of amides is 1. The zero-order valence-electron chi connectivity index (χ0n) is 9.69. The van der Waals surface area contributed by atoms with Crippen molar-refractivity contribution in [2.45, 2.75) is 37.4 Å². The van der Waals surface area contributed by atoms with Gasteiger partial charge in [0.05, 0.1) is 5.25 Å². The number of thioether (sulfide) groups is 1. The third-order valence-electron chi connectivity index (χ3n) is 3.92. The molecule has 4 heteroatoms. The molecular weight excluding hydrogens is 232 g/mol. The van der Waals surface area contributed by atoms with Gasteiger partial charge in [0.1, 0.15) is 0 Å². The van der Waals surface area contributed by atoms with Gasteiger partial charge in [0.2, 0.25) is 5.91 Å². The van der Waals surface area contributed by atoms with Crippen LogP contribution in [0.2, 0.25) is 0 Å². The second-order valence-corrected chi connectivity index (χ2v) is 6.18. The Kier molecular flexibility index (Phi) is 2.62. The minimum atomic E-state index is -0.191. The van der Waals surface area contributed by atoms with Crippen LogP contribution in [0.5, 0.6) is 0 Å². The van der Waals surface area contributed by atoms with E-state index >= 15 is 0 Å². The molecule has 3 aliphatic rings. The Morgan fingerprint density at radius 1 is 1.53 bits per heavy atom. The van der Waals surface area contributed by atoms with Gasteiger partial charge in [0, 0.05) is 17.3 Å². The molecule has 2 atom stereocenters. The first-order valence-electron chi connectivity index (χ1n) is 6.14. The zero-order chi connectivity index (χ0) is 11.9. The van der Waals surface area contributed by atoms with Gasteiger partial charge in [-0.3, -0.25) is 9.79 Å². The Morgan fingerprint density at radius 3 is 3.24 bits per heavy atom. The van der Waals surface area contributed by atoms with Gasteiger partial charge < -0.3 is 5.73 Å². The molecule has 0 aromatic rings. The number of allylic oxidation sites excluding steroid dienone is 3. The Morgan fingerprint density at radius 2 is 2.41 bits per heavy atom. The highest BCUT2D eigenvalue weighted by Crippen LogP contribution is 2.59. The van der Waals surface area contributed by atoms with Crippen LogP contribution in [0.1, 0.15) is 32.1 Å². The van der Waals surface area contributed by atoms with Crippen molar-refractivity contribution in [1.29, 1.82) is 0 Å². The highest BCUT2D eigenvalue weighted by Gasteiger charge is 2.49. The van der Waals surface area contributed by atoms with Crippen molar-refractivity contribution in [2.75, 3.05) is 0 Å². The minimum absolute atomic E-state index is 0.00954. The summed E-state index contributed by atoms with van der Waals surface area (Å²) >= 11 is 1.64. The number of hydrogen-bond acceptors (Lipinski definition) is 3. The lowest BCUT2D eigenvalue weighted by atomic mass is 9.75. The molecule has 3 rings (SSSR count). The van der Waals surface area contributed by atoms with Crippen molar-refractivity contribution in [1.82, 2.24) is 0 Å². The predicted octanol–water partition coefficient (Wildman–Crippen LogP) is 2.39. The topological polar surface area (TPSA) is 55.5 Å². The number of carbonyl (C=O) groups excluding carboxylic acids is 1. The summed E-state index contributed by atoms with van der Waals surface area (Å²) in [6.07, 6.45) is 11.7. The van der Waals surface area contributed by atoms with E-state index in [4.69, 9.17) is 5.73 Å². The molecule has 1 spiro atoms. The average molecular weight is 248 g/mol. The summed E-state index contributed by atoms with van der Waals surface area (Å²) in [6.45, 7) is 0. The molecule has 1 amide bonds. The molecule has 1 saturated heterocycles. The third kappa shape index (κ3) is 1.66. The SMILES string of the molecule is NC(=O)C1CC23CCCCC=C2N=CC=C3S1. The molecule has 2 unspecified atom stereocenters. The van der Waals surface area contributed by atoms with Crippen molar-refractivity contribution >= 4 is 23.9 Å². The Labute approximate surface area is 105 Å². The van der Waals surface area contributed by atoms with Crippen LogP contribution in [-0.2, 0) is 4.79 Å². The predicted molar refractivity (Wildman–Crippen MR) is 70.7 cm³/mol. The van der Waals surface area contributed by atoms with Gasteiger partial charge in [0.25, 0.3) is 0 Å². The Hall–Kier alpha value is -1.03. The first-order chi connectivity index (χ1) is 8.22. The molecule has 0 aromatic heterocycles. The molecule has 1 fully saturated rings. The fourth-order valence-electron chi connectivity index (χ4n) is 3.03. The standard InChI is InChI=1S/C13H16N2OS/c14-12(16)9-8-13-6-3-1-2-4-10(13)15-7-5-11(13)17-9/h4-5,7,9H,1-3,6,8H2,(H2,14,16). The Bertz CT molecular complexity index is 452. The van der Waals surface area contributed by atoms with Crippen LogP contribution in [-0.4, -0.2) is 17.4 Å². The zero-order valence-corrected chi connectivity index (χ0v) is 10.5. The summed E-state index contributed by atoms with van der Waals surface area (Å²) in [5.41, 5.74) is 6.64. The van der Waals surface area contributed by atoms with Crippen molar-refractivity contribution in [3.05, 3.63) is 22.8 Å². The summed E-state index contributed by atoms with van der Waals surface area (Å²) in [4.78, 5) is 17.2. The van der Waals surface area contributed by atoms with Crippen LogP contribution in [0.25, 0.3) is 0 Å². The van der Waals surface area contributed by atoms with Crippen LogP contribution in [0.15, 0.2) is 27.7 Å². The second-order valence-electron chi connectivity index (χ2n) is 4.94. The fourth-order valence-corrected chi connectivity index (χ4v) is 4.48. The molecule has 17 heavy (non-hydrogen) atoms. The van der Waals surface area contributed by atoms with E-state index in [0.717, 1.165) is 19.3 Å². The van der Waals surface area contributed by atoms with E-state index in [-0.39, 0.29) is 16.6 Å². The highest BCUT2D eigenvalue weighted by molar-refractivity contribution is 8.04. The smallest absolute Gasteiger partial charge is 0.230 e. The molecule has 1 aliphatic carbocycles. The number of hydrogen-bond donors (Lipinski definition) is 1. The van der Waals surface area contributed by atoms with Crippen molar-refractivity contribution in [3.63, 3.8) is 0 Å². The lowest BCUT2D eigenvalue weighted by molar-refractivity contribution is -0.117. The molecule has 2 heterocycles. The Balaban J connectivity index is 2.02. The third-order valence-corrected chi connectivity index (χ3v) is 5.38. The van der Waals surface area contributed by atoms with E-state index in [9.17, 15) is 4.79 Å². The number of nitrogens with two attached hydrogens (primary N) is 1. The first kappa shape index (κ1) is 11.1. The lowest BCUT2D eigenvalue weighted by Gasteiger charge is -2.31.